The van der Waals surface area contributed by atoms with Gasteiger partial charge in [-0.3, -0.25) is 14.5 Å². The molecule has 0 heterocycles. The highest BCUT2D eigenvalue weighted by atomic mass is 19.1. The van der Waals surface area contributed by atoms with E-state index in [1.54, 1.807) is 23.1 Å². The lowest BCUT2D eigenvalue weighted by atomic mass is 10.3. The SMILES string of the molecule is CCN(CC(=O)Nc1ccc(F)cc1)CC(=O)Nc1ccccc1OC. The number of carbonyl (C=O) groups is 2. The second-order valence-electron chi connectivity index (χ2n) is 5.61. The van der Waals surface area contributed by atoms with Crippen molar-refractivity contribution in [2.45, 2.75) is 6.92 Å². The van der Waals surface area contributed by atoms with Crippen molar-refractivity contribution in [3.8, 4) is 5.75 Å². The molecule has 0 aliphatic carbocycles. The number of hydrogen-bond donors (Lipinski definition) is 2. The molecule has 0 saturated heterocycles. The summed E-state index contributed by atoms with van der Waals surface area (Å²) < 4.78 is 18.1. The molecule has 0 atom stereocenters. The number of halogens is 1. The fourth-order valence-electron chi connectivity index (χ4n) is 2.36. The number of nitrogens with one attached hydrogen (secondary N) is 2. The quantitative estimate of drug-likeness (QED) is 0.760. The molecule has 2 aromatic rings. The second-order valence-corrected chi connectivity index (χ2v) is 5.61. The van der Waals surface area contributed by atoms with Crippen molar-refractivity contribution in [2.75, 3.05) is 37.4 Å². The zero-order valence-electron chi connectivity index (χ0n) is 14.8. The zero-order valence-corrected chi connectivity index (χ0v) is 14.8. The number of anilines is 2. The van der Waals surface area contributed by atoms with Crippen molar-refractivity contribution in [3.05, 3.63) is 54.3 Å². The maximum Gasteiger partial charge on any atom is 0.238 e. The summed E-state index contributed by atoms with van der Waals surface area (Å²) in [5, 5.41) is 5.45. The first-order chi connectivity index (χ1) is 12.5. The molecule has 2 N–H and O–H groups in total. The van der Waals surface area contributed by atoms with Gasteiger partial charge in [-0.25, -0.2) is 4.39 Å². The monoisotopic (exact) mass is 359 g/mol. The first-order valence-electron chi connectivity index (χ1n) is 8.22. The van der Waals surface area contributed by atoms with Crippen LogP contribution in [0.15, 0.2) is 48.5 Å². The number of rotatable bonds is 8. The highest BCUT2D eigenvalue weighted by molar-refractivity contribution is 5.95. The Morgan fingerprint density at radius 2 is 1.62 bits per heavy atom. The molecule has 2 amide bonds. The van der Waals surface area contributed by atoms with Gasteiger partial charge in [0.05, 0.1) is 25.9 Å². The molecule has 0 saturated carbocycles. The molecule has 7 heteroatoms. The lowest BCUT2D eigenvalue weighted by molar-refractivity contribution is -0.119. The minimum absolute atomic E-state index is 0.0488. The van der Waals surface area contributed by atoms with E-state index in [4.69, 9.17) is 4.74 Å². The molecule has 2 aromatic carbocycles. The van der Waals surface area contributed by atoms with E-state index < -0.39 is 0 Å². The Kier molecular flexibility index (Phi) is 7.11. The molecule has 0 radical (unpaired) electrons. The first-order valence-corrected chi connectivity index (χ1v) is 8.22. The van der Waals surface area contributed by atoms with E-state index in [0.29, 0.717) is 23.7 Å². The van der Waals surface area contributed by atoms with Gasteiger partial charge >= 0.3 is 0 Å². The number of amides is 2. The first kappa shape index (κ1) is 19.4. The molecule has 138 valence electrons. The average molecular weight is 359 g/mol. The fraction of sp³-hybridized carbons (Fsp3) is 0.263. The molecule has 26 heavy (non-hydrogen) atoms. The Morgan fingerprint density at radius 3 is 2.23 bits per heavy atom. The van der Waals surface area contributed by atoms with E-state index in [0.717, 1.165) is 0 Å². The van der Waals surface area contributed by atoms with E-state index in [9.17, 15) is 14.0 Å². The number of ether oxygens (including phenoxy) is 1. The average Bonchev–Trinajstić information content (AvgIpc) is 2.63. The van der Waals surface area contributed by atoms with Gasteiger partial charge in [-0.05, 0) is 42.9 Å². The number of carbonyl (C=O) groups excluding carboxylic acids is 2. The number of likely N-dealkylation sites (N-methyl/N-ethyl adjacent to an activating group) is 1. The van der Waals surface area contributed by atoms with Crippen LogP contribution in [0.25, 0.3) is 0 Å². The van der Waals surface area contributed by atoms with Crippen LogP contribution in [0.3, 0.4) is 0 Å². The highest BCUT2D eigenvalue weighted by Crippen LogP contribution is 2.22. The minimum atomic E-state index is -0.369. The molecule has 2 rings (SSSR count). The van der Waals surface area contributed by atoms with Gasteiger partial charge in [-0.2, -0.15) is 0 Å². The molecule has 0 bridgehead atoms. The Bertz CT molecular complexity index is 750. The van der Waals surface area contributed by atoms with Crippen LogP contribution in [0, 0.1) is 5.82 Å². The van der Waals surface area contributed by atoms with Crippen LogP contribution < -0.4 is 15.4 Å². The summed E-state index contributed by atoms with van der Waals surface area (Å²) in [6.45, 7) is 2.50. The molecule has 0 aliphatic heterocycles. The highest BCUT2D eigenvalue weighted by Gasteiger charge is 2.14. The van der Waals surface area contributed by atoms with Crippen LogP contribution >= 0.6 is 0 Å². The third-order valence-corrected chi connectivity index (χ3v) is 3.69. The normalized spacial score (nSPS) is 10.5. The predicted molar refractivity (Wildman–Crippen MR) is 98.8 cm³/mol. The van der Waals surface area contributed by atoms with Crippen LogP contribution in [0.5, 0.6) is 5.75 Å². The summed E-state index contributed by atoms with van der Waals surface area (Å²) in [7, 11) is 1.53. The minimum Gasteiger partial charge on any atom is -0.495 e. The van der Waals surface area contributed by atoms with Gasteiger partial charge in [0.25, 0.3) is 0 Å². The number of benzene rings is 2. The molecule has 0 aromatic heterocycles. The lowest BCUT2D eigenvalue weighted by Crippen LogP contribution is -2.38. The number of methoxy groups -OCH3 is 1. The van der Waals surface area contributed by atoms with E-state index >= 15 is 0 Å². The van der Waals surface area contributed by atoms with E-state index in [2.05, 4.69) is 10.6 Å². The second kappa shape index (κ2) is 9.53. The summed E-state index contributed by atoms with van der Waals surface area (Å²) in [5.41, 5.74) is 1.08. The summed E-state index contributed by atoms with van der Waals surface area (Å²) in [4.78, 5) is 26.1. The van der Waals surface area contributed by atoms with Gasteiger partial charge in [0.15, 0.2) is 0 Å². The third kappa shape index (κ3) is 5.86. The van der Waals surface area contributed by atoms with Gasteiger partial charge in [0.2, 0.25) is 11.8 Å². The standard InChI is InChI=1S/C19H22FN3O3/c1-3-23(12-18(24)21-15-10-8-14(20)9-11-15)13-19(25)22-16-6-4-5-7-17(16)26-2/h4-11H,3,12-13H2,1-2H3,(H,21,24)(H,22,25). The Hall–Kier alpha value is -2.93. The van der Waals surface area contributed by atoms with Crippen molar-refractivity contribution in [3.63, 3.8) is 0 Å². The maximum absolute atomic E-state index is 12.9. The molecule has 0 aliphatic rings. The molecular weight excluding hydrogens is 337 g/mol. The van der Waals surface area contributed by atoms with E-state index in [-0.39, 0.29) is 30.7 Å². The van der Waals surface area contributed by atoms with Gasteiger partial charge in [0.1, 0.15) is 11.6 Å². The number of para-hydroxylation sites is 2. The molecule has 0 unspecified atom stereocenters. The van der Waals surface area contributed by atoms with Crippen molar-refractivity contribution >= 4 is 23.2 Å². The van der Waals surface area contributed by atoms with E-state index in [1.165, 1.54) is 31.4 Å². The summed E-state index contributed by atoms with van der Waals surface area (Å²) >= 11 is 0. The van der Waals surface area contributed by atoms with Gasteiger partial charge in [-0.15, -0.1) is 0 Å². The smallest absolute Gasteiger partial charge is 0.238 e. The van der Waals surface area contributed by atoms with Crippen molar-refractivity contribution in [1.29, 1.82) is 0 Å². The van der Waals surface area contributed by atoms with Crippen LogP contribution in [-0.4, -0.2) is 43.5 Å². The fourth-order valence-corrected chi connectivity index (χ4v) is 2.36. The van der Waals surface area contributed by atoms with Crippen LogP contribution in [-0.2, 0) is 9.59 Å². The van der Waals surface area contributed by atoms with Gasteiger partial charge < -0.3 is 15.4 Å². The van der Waals surface area contributed by atoms with Crippen LogP contribution in [0.4, 0.5) is 15.8 Å². The molecule has 0 fully saturated rings. The van der Waals surface area contributed by atoms with Crippen molar-refractivity contribution in [2.24, 2.45) is 0 Å². The Morgan fingerprint density at radius 1 is 1.00 bits per heavy atom. The molecular formula is C19H22FN3O3. The topological polar surface area (TPSA) is 70.7 Å². The summed E-state index contributed by atoms with van der Waals surface area (Å²) in [5.74, 6) is -0.321. The zero-order chi connectivity index (χ0) is 18.9. The molecule has 6 nitrogen and oxygen atoms in total. The summed E-state index contributed by atoms with van der Waals surface area (Å²) in [6, 6.07) is 12.6. The molecule has 0 spiro atoms. The Labute approximate surface area is 152 Å². The largest absolute Gasteiger partial charge is 0.495 e. The maximum atomic E-state index is 12.9. The van der Waals surface area contributed by atoms with Gasteiger partial charge in [0, 0.05) is 5.69 Å². The number of nitrogens with zero attached hydrogens (tertiary/aromatic N) is 1. The lowest BCUT2D eigenvalue weighted by Gasteiger charge is -2.19. The third-order valence-electron chi connectivity index (χ3n) is 3.69. The number of hydrogen-bond acceptors (Lipinski definition) is 4. The Balaban J connectivity index is 1.88. The summed E-state index contributed by atoms with van der Waals surface area (Å²) in [6.07, 6.45) is 0. The van der Waals surface area contributed by atoms with Crippen molar-refractivity contribution < 1.29 is 18.7 Å². The van der Waals surface area contributed by atoms with E-state index in [1.807, 2.05) is 13.0 Å². The van der Waals surface area contributed by atoms with Crippen molar-refractivity contribution in [1.82, 2.24) is 4.90 Å². The van der Waals surface area contributed by atoms with Crippen LogP contribution in [0.2, 0.25) is 0 Å². The van der Waals surface area contributed by atoms with Gasteiger partial charge in [-0.1, -0.05) is 19.1 Å². The predicted octanol–water partition coefficient (Wildman–Crippen LogP) is 2.73. The van der Waals surface area contributed by atoms with Crippen LogP contribution in [0.1, 0.15) is 6.92 Å².